The van der Waals surface area contributed by atoms with Crippen LogP contribution in [0.1, 0.15) is 17.3 Å². The van der Waals surface area contributed by atoms with Gasteiger partial charge >= 0.3 is 0 Å². The lowest BCUT2D eigenvalue weighted by Gasteiger charge is -2.18. The van der Waals surface area contributed by atoms with Crippen LogP contribution >= 0.6 is 0 Å². The number of nitrogens with zero attached hydrogens (tertiary/aromatic N) is 1. The first kappa shape index (κ1) is 16.9. The highest BCUT2D eigenvalue weighted by molar-refractivity contribution is 7.89. The molecule has 8 nitrogen and oxygen atoms in total. The Balaban J connectivity index is 3.07. The number of carbonyl (C=O) groups is 2. The van der Waals surface area contributed by atoms with Crippen molar-refractivity contribution >= 4 is 27.5 Å². The number of nitrogens with one attached hydrogen (secondary N) is 1. The molecule has 0 atom stereocenters. The van der Waals surface area contributed by atoms with Gasteiger partial charge in [0.2, 0.25) is 21.8 Å². The summed E-state index contributed by atoms with van der Waals surface area (Å²) in [7, 11) is -2.66. The number of amides is 2. The van der Waals surface area contributed by atoms with Gasteiger partial charge in [0.1, 0.15) is 4.90 Å². The lowest BCUT2D eigenvalue weighted by atomic mass is 10.2. The Morgan fingerprint density at radius 1 is 1.33 bits per heavy atom. The average molecular weight is 314 g/mol. The summed E-state index contributed by atoms with van der Waals surface area (Å²) in [5.41, 5.74) is 10.8. The normalized spacial score (nSPS) is 11.4. The molecule has 0 unspecified atom stereocenters. The summed E-state index contributed by atoms with van der Waals surface area (Å²) in [5.74, 6) is -1.13. The second-order valence-electron chi connectivity index (χ2n) is 4.33. The maximum absolute atomic E-state index is 12.3. The topological polar surface area (TPSA) is 136 Å². The third kappa shape index (κ3) is 3.92. The molecule has 0 saturated carbocycles. The summed E-state index contributed by atoms with van der Waals surface area (Å²) in [5, 5.41) is 2.50. The second kappa shape index (κ2) is 6.55. The Labute approximate surface area is 123 Å². The van der Waals surface area contributed by atoms with Gasteiger partial charge in [-0.05, 0) is 25.1 Å². The Morgan fingerprint density at radius 3 is 2.43 bits per heavy atom. The van der Waals surface area contributed by atoms with Gasteiger partial charge in [-0.3, -0.25) is 9.59 Å². The number of anilines is 1. The Hall–Kier alpha value is -2.13. The molecule has 1 rings (SSSR count). The van der Waals surface area contributed by atoms with Crippen LogP contribution < -0.4 is 16.8 Å². The number of sulfonamides is 1. The second-order valence-corrected chi connectivity index (χ2v) is 6.34. The molecular formula is C12H18N4O4S. The van der Waals surface area contributed by atoms with Crippen molar-refractivity contribution in [3.8, 4) is 0 Å². The van der Waals surface area contributed by atoms with Crippen LogP contribution in [0, 0.1) is 0 Å². The van der Waals surface area contributed by atoms with Gasteiger partial charge < -0.3 is 16.8 Å². The van der Waals surface area contributed by atoms with Gasteiger partial charge in [-0.15, -0.1) is 0 Å². The number of rotatable bonds is 6. The zero-order chi connectivity index (χ0) is 16.2. The molecule has 116 valence electrons. The Morgan fingerprint density at radius 2 is 1.95 bits per heavy atom. The number of primary amides is 1. The van der Waals surface area contributed by atoms with Gasteiger partial charge in [-0.25, -0.2) is 8.42 Å². The molecule has 0 saturated heterocycles. The van der Waals surface area contributed by atoms with Crippen molar-refractivity contribution in [3.05, 3.63) is 23.8 Å². The SMILES string of the molecule is CCNC(=O)CN(C)S(=O)(=O)c1ccc(C(N)=O)cc1N. The Bertz CT molecular complexity index is 657. The van der Waals surface area contributed by atoms with E-state index in [1.54, 1.807) is 6.92 Å². The summed E-state index contributed by atoms with van der Waals surface area (Å²) in [4.78, 5) is 22.3. The third-order valence-corrected chi connectivity index (χ3v) is 4.60. The number of nitrogen functional groups attached to an aromatic ring is 1. The van der Waals surface area contributed by atoms with Crippen molar-refractivity contribution in [1.29, 1.82) is 0 Å². The number of likely N-dealkylation sites (N-methyl/N-ethyl adjacent to an activating group) is 2. The van der Waals surface area contributed by atoms with Crippen LogP contribution in [-0.4, -0.2) is 44.7 Å². The molecule has 21 heavy (non-hydrogen) atoms. The van der Waals surface area contributed by atoms with Crippen molar-refractivity contribution in [3.63, 3.8) is 0 Å². The monoisotopic (exact) mass is 314 g/mol. The van der Waals surface area contributed by atoms with E-state index in [-0.39, 0.29) is 22.7 Å². The summed E-state index contributed by atoms with van der Waals surface area (Å²) in [6, 6.07) is 3.65. The van der Waals surface area contributed by atoms with Crippen LogP contribution in [0.15, 0.2) is 23.1 Å². The number of nitrogens with two attached hydrogens (primary N) is 2. The van der Waals surface area contributed by atoms with Gasteiger partial charge in [0, 0.05) is 19.2 Å². The molecule has 0 heterocycles. The highest BCUT2D eigenvalue weighted by Crippen LogP contribution is 2.22. The van der Waals surface area contributed by atoms with Gasteiger partial charge in [-0.2, -0.15) is 4.31 Å². The smallest absolute Gasteiger partial charge is 0.248 e. The molecule has 9 heteroatoms. The van der Waals surface area contributed by atoms with E-state index in [1.807, 2.05) is 0 Å². The maximum atomic E-state index is 12.3. The molecule has 1 aromatic rings. The van der Waals surface area contributed by atoms with E-state index in [4.69, 9.17) is 11.5 Å². The predicted octanol–water partition coefficient (Wildman–Crippen LogP) is -0.876. The standard InChI is InChI=1S/C12H18N4O4S/c1-3-15-11(17)7-16(2)21(19,20)10-5-4-8(12(14)18)6-9(10)13/h4-6H,3,7,13H2,1-2H3,(H2,14,18)(H,15,17). The van der Waals surface area contributed by atoms with Crippen LogP contribution in [0.4, 0.5) is 5.69 Å². The molecule has 0 bridgehead atoms. The predicted molar refractivity (Wildman–Crippen MR) is 77.9 cm³/mol. The summed E-state index contributed by atoms with van der Waals surface area (Å²) < 4.78 is 25.5. The van der Waals surface area contributed by atoms with Crippen LogP contribution in [0.2, 0.25) is 0 Å². The molecule has 0 fully saturated rings. The van der Waals surface area contributed by atoms with E-state index < -0.39 is 21.8 Å². The first-order valence-electron chi connectivity index (χ1n) is 6.12. The van der Waals surface area contributed by atoms with E-state index >= 15 is 0 Å². The minimum Gasteiger partial charge on any atom is -0.398 e. The van der Waals surface area contributed by atoms with Crippen LogP contribution in [0.5, 0.6) is 0 Å². The lowest BCUT2D eigenvalue weighted by molar-refractivity contribution is -0.121. The number of carbonyl (C=O) groups excluding carboxylic acids is 2. The fraction of sp³-hybridized carbons (Fsp3) is 0.333. The van der Waals surface area contributed by atoms with Crippen LogP contribution in [-0.2, 0) is 14.8 Å². The van der Waals surface area contributed by atoms with Gasteiger partial charge in [0.05, 0.1) is 12.2 Å². The van der Waals surface area contributed by atoms with Crippen molar-refractivity contribution in [1.82, 2.24) is 9.62 Å². The minimum absolute atomic E-state index is 0.103. The highest BCUT2D eigenvalue weighted by atomic mass is 32.2. The minimum atomic E-state index is -3.93. The van der Waals surface area contributed by atoms with Crippen molar-refractivity contribution in [2.24, 2.45) is 5.73 Å². The van der Waals surface area contributed by atoms with Crippen molar-refractivity contribution in [2.75, 3.05) is 25.9 Å². The van der Waals surface area contributed by atoms with E-state index in [2.05, 4.69) is 5.32 Å². The van der Waals surface area contributed by atoms with E-state index in [1.165, 1.54) is 25.2 Å². The first-order chi connectivity index (χ1) is 9.70. The number of hydrogen-bond acceptors (Lipinski definition) is 5. The summed E-state index contributed by atoms with van der Waals surface area (Å²) in [6.45, 7) is 1.81. The number of benzene rings is 1. The maximum Gasteiger partial charge on any atom is 0.248 e. The van der Waals surface area contributed by atoms with E-state index in [0.29, 0.717) is 6.54 Å². The summed E-state index contributed by atoms with van der Waals surface area (Å²) >= 11 is 0. The van der Waals surface area contributed by atoms with Crippen molar-refractivity contribution in [2.45, 2.75) is 11.8 Å². The Kier molecular flexibility index (Phi) is 5.28. The third-order valence-electron chi connectivity index (χ3n) is 2.72. The molecule has 0 aliphatic rings. The van der Waals surface area contributed by atoms with Gasteiger partial charge in [0.15, 0.2) is 0 Å². The van der Waals surface area contributed by atoms with Crippen molar-refractivity contribution < 1.29 is 18.0 Å². The molecule has 0 aromatic heterocycles. The van der Waals surface area contributed by atoms with Crippen LogP contribution in [0.25, 0.3) is 0 Å². The largest absolute Gasteiger partial charge is 0.398 e. The quantitative estimate of drug-likeness (QED) is 0.586. The van der Waals surface area contributed by atoms with Gasteiger partial charge in [-0.1, -0.05) is 0 Å². The average Bonchev–Trinajstić information content (AvgIpc) is 2.38. The molecule has 1 aromatic carbocycles. The molecular weight excluding hydrogens is 296 g/mol. The zero-order valence-corrected chi connectivity index (χ0v) is 12.6. The molecule has 0 radical (unpaired) electrons. The molecule has 0 spiro atoms. The molecule has 5 N–H and O–H groups in total. The zero-order valence-electron chi connectivity index (χ0n) is 11.8. The molecule has 0 aliphatic heterocycles. The lowest BCUT2D eigenvalue weighted by Crippen LogP contribution is -2.38. The van der Waals surface area contributed by atoms with E-state index in [9.17, 15) is 18.0 Å². The molecule has 0 aliphatic carbocycles. The van der Waals surface area contributed by atoms with E-state index in [0.717, 1.165) is 4.31 Å². The highest BCUT2D eigenvalue weighted by Gasteiger charge is 2.25. The fourth-order valence-electron chi connectivity index (χ4n) is 1.64. The summed E-state index contributed by atoms with van der Waals surface area (Å²) in [6.07, 6.45) is 0. The van der Waals surface area contributed by atoms with Crippen LogP contribution in [0.3, 0.4) is 0 Å². The first-order valence-corrected chi connectivity index (χ1v) is 7.56. The van der Waals surface area contributed by atoms with Gasteiger partial charge in [0.25, 0.3) is 0 Å². The fourth-order valence-corrected chi connectivity index (χ4v) is 2.86. The molecule has 2 amide bonds. The number of hydrogen-bond donors (Lipinski definition) is 3.